The van der Waals surface area contributed by atoms with Gasteiger partial charge in [-0.3, -0.25) is 4.99 Å². The van der Waals surface area contributed by atoms with Crippen LogP contribution in [0.1, 0.15) is 106 Å². The molecule has 1 saturated heterocycles. The summed E-state index contributed by atoms with van der Waals surface area (Å²) in [4.78, 5) is 8.82. The van der Waals surface area contributed by atoms with Crippen LogP contribution in [0.4, 0.5) is 0 Å². The van der Waals surface area contributed by atoms with Gasteiger partial charge in [-0.05, 0) is 107 Å². The highest BCUT2D eigenvalue weighted by Gasteiger charge is 2.59. The lowest BCUT2D eigenvalue weighted by atomic mass is 9.46. The van der Waals surface area contributed by atoms with Crippen molar-refractivity contribution in [1.29, 1.82) is 0 Å². The predicted octanol–water partition coefficient (Wildman–Crippen LogP) is 8.57. The van der Waals surface area contributed by atoms with Crippen LogP contribution in [0.5, 0.6) is 0 Å². The van der Waals surface area contributed by atoms with E-state index in [2.05, 4.69) is 57.1 Å². The van der Waals surface area contributed by atoms with E-state index in [0.29, 0.717) is 22.8 Å². The number of fused-ring (bicyclic) bond motifs is 5. The molecule has 4 fully saturated rings. The highest BCUT2D eigenvalue weighted by molar-refractivity contribution is 7.80. The molecule has 1 N–H and O–H groups in total. The highest BCUT2D eigenvalue weighted by Crippen LogP contribution is 2.67. The molecule has 5 rings (SSSR count). The molecule has 5 aliphatic rings. The molecule has 0 aromatic carbocycles. The maximum Gasteiger partial charge on any atom is 0.0781 e. The molecule has 1 heterocycles. The molecule has 0 spiro atoms. The minimum atomic E-state index is 0.397. The van der Waals surface area contributed by atoms with Crippen molar-refractivity contribution in [2.24, 2.45) is 39.5 Å². The van der Waals surface area contributed by atoms with E-state index in [0.717, 1.165) is 62.5 Å². The third kappa shape index (κ3) is 5.89. The number of allylic oxidation sites excluding steroid dienone is 3. The van der Waals surface area contributed by atoms with E-state index < -0.39 is 0 Å². The normalized spacial score (nSPS) is 37.7. The quantitative estimate of drug-likeness (QED) is 0.242. The van der Waals surface area contributed by atoms with E-state index >= 15 is 0 Å². The van der Waals surface area contributed by atoms with Crippen molar-refractivity contribution in [2.45, 2.75) is 112 Å². The van der Waals surface area contributed by atoms with E-state index in [1.807, 2.05) is 13.8 Å². The Morgan fingerprint density at radius 3 is 2.56 bits per heavy atom. The third-order valence-corrected chi connectivity index (χ3v) is 12.3. The van der Waals surface area contributed by atoms with Crippen LogP contribution in [0, 0.1) is 34.5 Å². The van der Waals surface area contributed by atoms with Gasteiger partial charge >= 0.3 is 0 Å². The zero-order valence-corrected chi connectivity index (χ0v) is 26.9. The van der Waals surface area contributed by atoms with Gasteiger partial charge in [0.15, 0.2) is 0 Å². The van der Waals surface area contributed by atoms with Gasteiger partial charge in [0.05, 0.1) is 6.54 Å². The second-order valence-electron chi connectivity index (χ2n) is 13.5. The predicted molar refractivity (Wildman–Crippen MR) is 174 cm³/mol. The molecule has 4 heteroatoms. The molecular weight excluding hydrogens is 494 g/mol. The first kappa shape index (κ1) is 30.7. The Kier molecular flexibility index (Phi) is 10.0. The van der Waals surface area contributed by atoms with Gasteiger partial charge < -0.3 is 10.2 Å². The Morgan fingerprint density at radius 1 is 1.10 bits per heavy atom. The lowest BCUT2D eigenvalue weighted by molar-refractivity contribution is -0.0417. The number of hydrogen-bond donors (Lipinski definition) is 1. The molecule has 0 aromatic rings. The Morgan fingerprint density at radius 2 is 1.87 bits per heavy atom. The van der Waals surface area contributed by atoms with E-state index in [9.17, 15) is 0 Å². The molecular formula is C35H57N3S. The van der Waals surface area contributed by atoms with E-state index in [4.69, 9.17) is 17.2 Å². The summed E-state index contributed by atoms with van der Waals surface area (Å²) in [5.74, 6) is 3.26. The second-order valence-corrected chi connectivity index (χ2v) is 14.0. The molecule has 0 amide bonds. The van der Waals surface area contributed by atoms with Crippen LogP contribution in [-0.4, -0.2) is 47.7 Å². The fraction of sp³-hybridized carbons (Fsp3) is 0.771. The smallest absolute Gasteiger partial charge is 0.0781 e. The summed E-state index contributed by atoms with van der Waals surface area (Å²) >= 11 is 5.54. The first-order valence-electron chi connectivity index (χ1n) is 16.3. The van der Waals surface area contributed by atoms with Crippen LogP contribution in [0.15, 0.2) is 41.1 Å². The molecule has 218 valence electrons. The van der Waals surface area contributed by atoms with Crippen molar-refractivity contribution in [3.8, 4) is 0 Å². The number of hydrogen-bond acceptors (Lipinski definition) is 4. The van der Waals surface area contributed by atoms with Crippen LogP contribution in [-0.2, 0) is 0 Å². The lowest BCUT2D eigenvalue weighted by Crippen LogP contribution is -2.50. The van der Waals surface area contributed by atoms with Gasteiger partial charge in [0.1, 0.15) is 0 Å². The maximum atomic E-state index is 5.54. The van der Waals surface area contributed by atoms with Gasteiger partial charge in [0.2, 0.25) is 0 Å². The number of rotatable bonds is 8. The van der Waals surface area contributed by atoms with Crippen LogP contribution >= 0.6 is 12.2 Å². The minimum Gasteiger partial charge on any atom is -0.374 e. The van der Waals surface area contributed by atoms with Crippen LogP contribution in [0.2, 0.25) is 0 Å². The first-order chi connectivity index (χ1) is 18.7. The Bertz CT molecular complexity index is 994. The van der Waals surface area contributed by atoms with Crippen LogP contribution in [0.3, 0.4) is 0 Å². The zero-order chi connectivity index (χ0) is 28.4. The summed E-state index contributed by atoms with van der Waals surface area (Å²) in [6, 6.07) is 0.397. The van der Waals surface area contributed by atoms with Gasteiger partial charge in [-0.15, -0.1) is 0 Å². The molecule has 1 aliphatic heterocycles. The van der Waals surface area contributed by atoms with Gasteiger partial charge in [-0.2, -0.15) is 0 Å². The fourth-order valence-corrected chi connectivity index (χ4v) is 9.81. The molecule has 4 aliphatic carbocycles. The van der Waals surface area contributed by atoms with Crippen molar-refractivity contribution in [1.82, 2.24) is 10.2 Å². The molecule has 7 unspecified atom stereocenters. The van der Waals surface area contributed by atoms with Crippen molar-refractivity contribution in [2.75, 3.05) is 26.2 Å². The van der Waals surface area contributed by atoms with E-state index in [-0.39, 0.29) is 0 Å². The second kappa shape index (κ2) is 12.7. The van der Waals surface area contributed by atoms with Gasteiger partial charge in [-0.25, -0.2) is 0 Å². The van der Waals surface area contributed by atoms with E-state index in [1.165, 1.54) is 67.5 Å². The highest BCUT2D eigenvalue weighted by atomic mass is 32.1. The molecule has 0 bridgehead atoms. The van der Waals surface area contributed by atoms with Crippen molar-refractivity contribution >= 4 is 22.8 Å². The summed E-state index contributed by atoms with van der Waals surface area (Å²) in [6.07, 6.45) is 15.3. The summed E-state index contributed by atoms with van der Waals surface area (Å²) in [6.45, 7) is 26.3. The average molecular weight is 552 g/mol. The monoisotopic (exact) mass is 551 g/mol. The van der Waals surface area contributed by atoms with E-state index in [1.54, 1.807) is 5.57 Å². The molecule has 3 saturated carbocycles. The van der Waals surface area contributed by atoms with Crippen molar-refractivity contribution < 1.29 is 0 Å². The van der Waals surface area contributed by atoms with Crippen molar-refractivity contribution in [3.63, 3.8) is 0 Å². The number of aliphatic imine (C=N–C) groups is 1. The zero-order valence-electron chi connectivity index (χ0n) is 26.1. The molecule has 7 atom stereocenters. The fourth-order valence-electron chi connectivity index (χ4n) is 9.51. The molecule has 39 heavy (non-hydrogen) atoms. The average Bonchev–Trinajstić information content (AvgIpc) is 3.51. The Labute approximate surface area is 246 Å². The largest absolute Gasteiger partial charge is 0.374 e. The lowest BCUT2D eigenvalue weighted by Gasteiger charge is -2.58. The van der Waals surface area contributed by atoms with Crippen LogP contribution in [0.25, 0.3) is 0 Å². The SMILES string of the molecule is C=C1C=C2CCC3C(CCC4(C)C(C(C)=NCC(=C)N(CC)CCC5NCCC5=S)CCC34)C2(C)CC1.CC. The third-order valence-electron chi connectivity index (χ3n) is 11.8. The number of nitrogens with one attached hydrogen (secondary N) is 1. The van der Waals surface area contributed by atoms with Gasteiger partial charge in [0, 0.05) is 47.9 Å². The first-order valence-corrected chi connectivity index (χ1v) is 16.7. The maximum absolute atomic E-state index is 5.54. The van der Waals surface area contributed by atoms with Gasteiger partial charge in [0.25, 0.3) is 0 Å². The number of likely N-dealkylation sites (N-methyl/N-ethyl adjacent to an activating group) is 1. The standard InChI is InChI=1S/C33H51N3S.C2H6/c1-7-36(19-15-30-31(37)14-18-34-30)23(3)21-35-24(4)27-10-11-28-26-9-8-25-20-22(2)12-16-32(25,5)29(26)13-17-33(27,28)6;1-2/h20,26-30,34H,2-3,7-19,21H2,1,4-6H3;1-2H3. The minimum absolute atomic E-state index is 0.397. The molecule has 0 radical (unpaired) electrons. The summed E-state index contributed by atoms with van der Waals surface area (Å²) in [5, 5.41) is 3.55. The Balaban J connectivity index is 0.00000172. The molecule has 0 aromatic heterocycles. The topological polar surface area (TPSA) is 27.6 Å². The summed E-state index contributed by atoms with van der Waals surface area (Å²) < 4.78 is 0. The summed E-state index contributed by atoms with van der Waals surface area (Å²) in [7, 11) is 0. The van der Waals surface area contributed by atoms with Crippen LogP contribution < -0.4 is 5.32 Å². The number of thiocarbonyl (C=S) groups is 1. The van der Waals surface area contributed by atoms with Crippen molar-refractivity contribution in [3.05, 3.63) is 36.1 Å². The summed E-state index contributed by atoms with van der Waals surface area (Å²) in [5.41, 5.74) is 6.47. The Hall–Kier alpha value is -1.26. The number of nitrogens with zero attached hydrogens (tertiary/aromatic N) is 2. The van der Waals surface area contributed by atoms with Gasteiger partial charge in [-0.1, -0.05) is 70.3 Å². The molecule has 3 nitrogen and oxygen atoms in total.